The fourth-order valence-electron chi connectivity index (χ4n) is 6.62. The normalized spacial score (nSPS) is 28.4. The lowest BCUT2D eigenvalue weighted by molar-refractivity contribution is -0.134. The van der Waals surface area contributed by atoms with Crippen LogP contribution >= 0.6 is 0 Å². The number of alkyl halides is 3. The Morgan fingerprint density at radius 1 is 1.17 bits per heavy atom. The molecule has 4 aliphatic carbocycles. The first-order valence-electron chi connectivity index (χ1n) is 12.5. The predicted molar refractivity (Wildman–Crippen MR) is 136 cm³/mol. The Bertz CT molecular complexity index is 1010. The number of benzene rings is 1. The topological polar surface area (TPSA) is 88.7 Å². The maximum Gasteiger partial charge on any atom is 0.412 e. The molecule has 0 saturated heterocycles. The van der Waals surface area contributed by atoms with E-state index in [1.165, 1.54) is 25.3 Å². The number of esters is 1. The minimum atomic E-state index is -4.66. The van der Waals surface area contributed by atoms with Crippen molar-refractivity contribution in [3.05, 3.63) is 48.2 Å². The van der Waals surface area contributed by atoms with E-state index < -0.39 is 18.2 Å². The van der Waals surface area contributed by atoms with Gasteiger partial charge in [-0.2, -0.15) is 13.2 Å². The lowest BCUT2D eigenvalue weighted by atomic mass is 9.53. The molecule has 0 spiro atoms. The summed E-state index contributed by atoms with van der Waals surface area (Å²) in [4.78, 5) is 16.2. The maximum atomic E-state index is 14.2. The maximum absolute atomic E-state index is 14.2. The molecule has 4 fully saturated rings. The summed E-state index contributed by atoms with van der Waals surface area (Å²) in [7, 11) is 0. The molecule has 5 rings (SSSR count). The Balaban J connectivity index is 1.71. The molecular weight excluding hydrogens is 469 g/mol. The molecule has 4 N–H and O–H groups in total. The van der Waals surface area contributed by atoms with Crippen molar-refractivity contribution in [1.82, 2.24) is 0 Å². The van der Waals surface area contributed by atoms with Crippen LogP contribution in [0, 0.1) is 17.8 Å². The molecule has 0 aromatic heterocycles. The van der Waals surface area contributed by atoms with Crippen LogP contribution < -0.4 is 16.4 Å². The summed E-state index contributed by atoms with van der Waals surface area (Å²) in [6.45, 7) is 6.97. The fourth-order valence-corrected chi connectivity index (χ4v) is 6.62. The molecule has 1 aromatic carbocycles. The molecule has 4 saturated carbocycles. The van der Waals surface area contributed by atoms with E-state index in [9.17, 15) is 18.0 Å². The molecule has 196 valence electrons. The van der Waals surface area contributed by atoms with Gasteiger partial charge in [-0.1, -0.05) is 12.7 Å². The van der Waals surface area contributed by atoms with Crippen molar-refractivity contribution in [2.45, 2.75) is 76.2 Å². The van der Waals surface area contributed by atoms with Crippen LogP contribution in [0.1, 0.15) is 62.7 Å². The molecule has 9 heteroatoms. The molecule has 0 aliphatic heterocycles. The van der Waals surface area contributed by atoms with Gasteiger partial charge in [-0.3, -0.25) is 0 Å². The van der Waals surface area contributed by atoms with Crippen LogP contribution in [0.4, 0.5) is 24.5 Å². The van der Waals surface area contributed by atoms with Crippen molar-refractivity contribution in [2.24, 2.45) is 28.5 Å². The molecule has 1 atom stereocenters. The van der Waals surface area contributed by atoms with E-state index in [1.54, 1.807) is 26.0 Å². The summed E-state index contributed by atoms with van der Waals surface area (Å²) in [6.07, 6.45) is 4.82. The van der Waals surface area contributed by atoms with E-state index in [0.29, 0.717) is 23.4 Å². The summed E-state index contributed by atoms with van der Waals surface area (Å²) in [5.41, 5.74) is 5.80. The first-order chi connectivity index (χ1) is 17.0. The highest BCUT2D eigenvalue weighted by molar-refractivity contribution is 5.92. The zero-order valence-corrected chi connectivity index (χ0v) is 20.8. The van der Waals surface area contributed by atoms with Crippen molar-refractivity contribution in [1.29, 1.82) is 0 Å². The number of nitrogens with zero attached hydrogens (tertiary/aromatic N) is 1. The Morgan fingerprint density at radius 3 is 2.28 bits per heavy atom. The number of rotatable bonds is 9. The molecule has 1 aromatic rings. The number of nitrogens with two attached hydrogens (primary N) is 1. The van der Waals surface area contributed by atoms with Crippen molar-refractivity contribution >= 4 is 23.7 Å². The molecule has 36 heavy (non-hydrogen) atoms. The zero-order chi connectivity index (χ0) is 26.1. The summed E-state index contributed by atoms with van der Waals surface area (Å²) in [5.74, 6) is 1.39. The van der Waals surface area contributed by atoms with Gasteiger partial charge in [0.05, 0.1) is 29.4 Å². The number of aliphatic imine (C=N–C) groups is 1. The van der Waals surface area contributed by atoms with Gasteiger partial charge < -0.3 is 21.1 Å². The van der Waals surface area contributed by atoms with Crippen molar-refractivity contribution in [2.75, 3.05) is 10.6 Å². The average molecular weight is 505 g/mol. The Labute approximate surface area is 210 Å². The lowest BCUT2D eigenvalue weighted by Crippen LogP contribution is -2.54. The van der Waals surface area contributed by atoms with Gasteiger partial charge in [0.1, 0.15) is 6.04 Å². The second kappa shape index (κ2) is 10.2. The minimum Gasteiger partial charge on any atom is -0.459 e. The third-order valence-corrected chi connectivity index (χ3v) is 7.54. The summed E-state index contributed by atoms with van der Waals surface area (Å²) in [5, 5.41) is 6.27. The smallest absolute Gasteiger partial charge is 0.412 e. The van der Waals surface area contributed by atoms with Crippen molar-refractivity contribution in [3.8, 4) is 0 Å². The first kappa shape index (κ1) is 26.1. The van der Waals surface area contributed by atoms with Gasteiger partial charge in [0.25, 0.3) is 0 Å². The SMILES string of the molecule is C=C/C(=C\N=CN)C(Nc1cc(C(=O)OC(C)C)ccc1NC12CC3CC(CC(C3)C1)C2)C(F)(F)F. The molecular formula is C27H35F3N4O2. The van der Waals surface area contributed by atoms with Crippen LogP contribution in [-0.4, -0.2) is 36.2 Å². The van der Waals surface area contributed by atoms with E-state index in [1.807, 2.05) is 0 Å². The van der Waals surface area contributed by atoms with E-state index in [-0.39, 0.29) is 28.5 Å². The van der Waals surface area contributed by atoms with Gasteiger partial charge in [0, 0.05) is 17.3 Å². The van der Waals surface area contributed by atoms with Crippen LogP contribution in [0.3, 0.4) is 0 Å². The summed E-state index contributed by atoms with van der Waals surface area (Å²) >= 11 is 0. The van der Waals surface area contributed by atoms with Crippen molar-refractivity contribution < 1.29 is 22.7 Å². The van der Waals surface area contributed by atoms with Crippen LogP contribution in [0.25, 0.3) is 0 Å². The standard InChI is InChI=1S/C27H35F3N4O2/c1-4-20(14-32-15-31)24(27(28,29)30)33-23-10-21(25(35)36-16(2)3)5-6-22(23)34-26-11-17-7-18(12-26)9-19(8-17)13-26/h4-6,10,14-19,24,33-34H,1,7-9,11-13H2,2-3H3,(H2,31,32)/b20-14+. The highest BCUT2D eigenvalue weighted by Crippen LogP contribution is 2.57. The molecule has 6 nitrogen and oxygen atoms in total. The second-order valence-electron chi connectivity index (χ2n) is 10.8. The van der Waals surface area contributed by atoms with Crippen molar-refractivity contribution in [3.63, 3.8) is 0 Å². The van der Waals surface area contributed by atoms with E-state index in [2.05, 4.69) is 22.2 Å². The second-order valence-corrected chi connectivity index (χ2v) is 10.8. The van der Waals surface area contributed by atoms with Gasteiger partial charge in [-0.05, 0) is 88.3 Å². The van der Waals surface area contributed by atoms with Gasteiger partial charge in [0.15, 0.2) is 0 Å². The molecule has 0 amide bonds. The summed E-state index contributed by atoms with van der Waals surface area (Å²) < 4.78 is 47.9. The Kier molecular flexibility index (Phi) is 7.38. The molecule has 1 unspecified atom stereocenters. The third kappa shape index (κ3) is 5.71. The predicted octanol–water partition coefficient (Wildman–Crippen LogP) is 6.03. The van der Waals surface area contributed by atoms with Gasteiger partial charge in [0.2, 0.25) is 0 Å². The zero-order valence-electron chi connectivity index (χ0n) is 20.8. The number of halogens is 3. The highest BCUT2D eigenvalue weighted by Gasteiger charge is 2.51. The van der Waals surface area contributed by atoms with E-state index >= 15 is 0 Å². The number of ether oxygens (including phenoxy) is 1. The van der Waals surface area contributed by atoms with Crippen LogP contribution in [0.15, 0.2) is 47.6 Å². The third-order valence-electron chi connectivity index (χ3n) is 7.54. The largest absolute Gasteiger partial charge is 0.459 e. The number of nitrogens with one attached hydrogen (secondary N) is 2. The number of hydrogen-bond acceptors (Lipinski definition) is 5. The van der Waals surface area contributed by atoms with Gasteiger partial charge >= 0.3 is 12.1 Å². The van der Waals surface area contributed by atoms with E-state index in [4.69, 9.17) is 10.5 Å². The molecule has 4 bridgehead atoms. The summed E-state index contributed by atoms with van der Waals surface area (Å²) in [6, 6.07) is 2.61. The van der Waals surface area contributed by atoms with Crippen LogP contribution in [0.2, 0.25) is 0 Å². The average Bonchev–Trinajstić information content (AvgIpc) is 2.77. The Morgan fingerprint density at radius 2 is 1.78 bits per heavy atom. The van der Waals surface area contributed by atoms with Crippen LogP contribution in [-0.2, 0) is 4.74 Å². The highest BCUT2D eigenvalue weighted by atomic mass is 19.4. The minimum absolute atomic E-state index is 0.139. The number of carbonyl (C=O) groups excluding carboxylic acids is 1. The lowest BCUT2D eigenvalue weighted by Gasteiger charge is -2.57. The Hall–Kier alpha value is -2.97. The first-order valence-corrected chi connectivity index (χ1v) is 12.5. The molecule has 0 heterocycles. The van der Waals surface area contributed by atoms with Gasteiger partial charge in [-0.25, -0.2) is 9.79 Å². The number of carbonyl (C=O) groups is 1. The van der Waals surface area contributed by atoms with Crippen LogP contribution in [0.5, 0.6) is 0 Å². The molecule has 0 radical (unpaired) electrons. The number of anilines is 2. The monoisotopic (exact) mass is 504 g/mol. The molecule has 4 aliphatic rings. The quantitative estimate of drug-likeness (QED) is 0.165. The van der Waals surface area contributed by atoms with E-state index in [0.717, 1.165) is 37.9 Å². The number of hydrogen-bond donors (Lipinski definition) is 3. The fraction of sp³-hybridized carbons (Fsp3) is 0.556. The van der Waals surface area contributed by atoms with Gasteiger partial charge in [-0.15, -0.1) is 0 Å².